The normalized spacial score (nSPS) is 18.3. The SMILES string of the molecule is CN[C@@H](C)CC=Cc1cncc(O[C@@H]2CCN(C(=O)OCCOC)C2)c1. The summed E-state index contributed by atoms with van der Waals surface area (Å²) in [5, 5.41) is 3.20. The fourth-order valence-electron chi connectivity index (χ4n) is 2.60. The van der Waals surface area contributed by atoms with Crippen molar-refractivity contribution in [1.82, 2.24) is 15.2 Å². The summed E-state index contributed by atoms with van der Waals surface area (Å²) >= 11 is 0. The highest BCUT2D eigenvalue weighted by atomic mass is 16.6. The van der Waals surface area contributed by atoms with Gasteiger partial charge in [0.2, 0.25) is 0 Å². The standard InChI is InChI=1S/C19H29N3O4/c1-15(20-2)5-4-6-16-11-18(13-21-12-16)26-17-7-8-22(14-17)19(23)25-10-9-24-3/h4,6,11-13,15,17,20H,5,7-10,14H2,1-3H3/t15-,17+/m0/s1. The summed E-state index contributed by atoms with van der Waals surface area (Å²) in [6.45, 7) is 3.95. The molecule has 0 aliphatic carbocycles. The Morgan fingerprint density at radius 2 is 2.31 bits per heavy atom. The Morgan fingerprint density at radius 1 is 1.46 bits per heavy atom. The lowest BCUT2D eigenvalue weighted by Gasteiger charge is -2.17. The van der Waals surface area contributed by atoms with Crippen molar-refractivity contribution in [3.8, 4) is 5.75 Å². The molecular weight excluding hydrogens is 334 g/mol. The van der Waals surface area contributed by atoms with Crippen LogP contribution in [0.5, 0.6) is 5.75 Å². The number of rotatable bonds is 9. The number of methoxy groups -OCH3 is 1. The minimum absolute atomic E-state index is 0.0460. The van der Waals surface area contributed by atoms with Gasteiger partial charge in [-0.1, -0.05) is 12.2 Å². The van der Waals surface area contributed by atoms with Crippen LogP contribution in [0.3, 0.4) is 0 Å². The average Bonchev–Trinajstić information content (AvgIpc) is 3.10. The van der Waals surface area contributed by atoms with Gasteiger partial charge in [0, 0.05) is 32.3 Å². The van der Waals surface area contributed by atoms with E-state index in [0.717, 1.165) is 18.4 Å². The Hall–Kier alpha value is -2.12. The summed E-state index contributed by atoms with van der Waals surface area (Å²) in [7, 11) is 3.53. The van der Waals surface area contributed by atoms with E-state index in [1.165, 1.54) is 0 Å². The molecule has 2 heterocycles. The average molecular weight is 363 g/mol. The van der Waals surface area contributed by atoms with E-state index >= 15 is 0 Å². The number of hydrogen-bond acceptors (Lipinski definition) is 6. The van der Waals surface area contributed by atoms with Gasteiger partial charge in [0.05, 0.1) is 19.3 Å². The van der Waals surface area contributed by atoms with Crippen molar-refractivity contribution in [2.45, 2.75) is 31.9 Å². The van der Waals surface area contributed by atoms with E-state index in [1.54, 1.807) is 18.2 Å². The van der Waals surface area contributed by atoms with Crippen LogP contribution in [0.25, 0.3) is 6.08 Å². The lowest BCUT2D eigenvalue weighted by atomic mass is 10.2. The van der Waals surface area contributed by atoms with Gasteiger partial charge in [-0.15, -0.1) is 0 Å². The van der Waals surface area contributed by atoms with Gasteiger partial charge in [-0.3, -0.25) is 4.98 Å². The molecule has 7 heteroatoms. The van der Waals surface area contributed by atoms with Crippen molar-refractivity contribution < 1.29 is 19.0 Å². The quantitative estimate of drug-likeness (QED) is 0.679. The van der Waals surface area contributed by atoms with Gasteiger partial charge in [0.15, 0.2) is 0 Å². The number of carbonyl (C=O) groups excluding carboxylic acids is 1. The molecule has 1 aliphatic heterocycles. The summed E-state index contributed by atoms with van der Waals surface area (Å²) in [4.78, 5) is 17.8. The maximum atomic E-state index is 11.9. The van der Waals surface area contributed by atoms with E-state index in [0.29, 0.717) is 31.5 Å². The second kappa shape index (κ2) is 10.8. The number of hydrogen-bond donors (Lipinski definition) is 1. The van der Waals surface area contributed by atoms with E-state index < -0.39 is 0 Å². The lowest BCUT2D eigenvalue weighted by Crippen LogP contribution is -2.32. The molecule has 1 aromatic rings. The summed E-state index contributed by atoms with van der Waals surface area (Å²) in [6.07, 6.45) is 9.03. The smallest absolute Gasteiger partial charge is 0.409 e. The molecule has 0 unspecified atom stereocenters. The number of amides is 1. The fraction of sp³-hybridized carbons (Fsp3) is 0.579. The van der Waals surface area contributed by atoms with Gasteiger partial charge in [-0.05, 0) is 32.0 Å². The Kier molecular flexibility index (Phi) is 8.37. The van der Waals surface area contributed by atoms with Crippen LogP contribution in [0.15, 0.2) is 24.5 Å². The van der Waals surface area contributed by atoms with Crippen LogP contribution >= 0.6 is 0 Å². The molecule has 0 radical (unpaired) electrons. The minimum Gasteiger partial charge on any atom is -0.487 e. The number of likely N-dealkylation sites (tertiary alicyclic amines) is 1. The molecule has 1 aliphatic rings. The van der Waals surface area contributed by atoms with Crippen LogP contribution in [0.2, 0.25) is 0 Å². The number of nitrogens with zero attached hydrogens (tertiary/aromatic N) is 2. The molecule has 2 rings (SSSR count). The molecule has 26 heavy (non-hydrogen) atoms. The first-order chi connectivity index (χ1) is 12.6. The van der Waals surface area contributed by atoms with E-state index in [2.05, 4.69) is 23.3 Å². The zero-order valence-electron chi connectivity index (χ0n) is 15.8. The third kappa shape index (κ3) is 6.65. The van der Waals surface area contributed by atoms with Crippen molar-refractivity contribution in [2.75, 3.05) is 40.5 Å². The monoisotopic (exact) mass is 363 g/mol. The molecule has 144 valence electrons. The predicted octanol–water partition coefficient (Wildman–Crippen LogP) is 2.33. The lowest BCUT2D eigenvalue weighted by molar-refractivity contribution is 0.0741. The Balaban J connectivity index is 1.82. The summed E-state index contributed by atoms with van der Waals surface area (Å²) in [5.74, 6) is 0.716. The van der Waals surface area contributed by atoms with Gasteiger partial charge < -0.3 is 24.4 Å². The number of aromatic nitrogens is 1. The Bertz CT molecular complexity index is 594. The summed E-state index contributed by atoms with van der Waals surface area (Å²) in [6, 6.07) is 2.40. The molecular formula is C19H29N3O4. The largest absolute Gasteiger partial charge is 0.487 e. The second-order valence-electron chi connectivity index (χ2n) is 6.36. The van der Waals surface area contributed by atoms with Crippen LogP contribution in [0, 0.1) is 0 Å². The van der Waals surface area contributed by atoms with Crippen molar-refractivity contribution in [2.24, 2.45) is 0 Å². The summed E-state index contributed by atoms with van der Waals surface area (Å²) in [5.41, 5.74) is 1.000. The molecule has 0 bridgehead atoms. The van der Waals surface area contributed by atoms with Gasteiger partial charge in [0.1, 0.15) is 18.5 Å². The highest BCUT2D eigenvalue weighted by Gasteiger charge is 2.28. The number of nitrogens with one attached hydrogen (secondary N) is 1. The molecule has 1 fully saturated rings. The molecule has 0 saturated carbocycles. The van der Waals surface area contributed by atoms with Crippen LogP contribution < -0.4 is 10.1 Å². The predicted molar refractivity (Wildman–Crippen MR) is 100 cm³/mol. The van der Waals surface area contributed by atoms with E-state index in [-0.39, 0.29) is 18.8 Å². The van der Waals surface area contributed by atoms with Crippen molar-refractivity contribution in [3.63, 3.8) is 0 Å². The van der Waals surface area contributed by atoms with Crippen LogP contribution in [-0.4, -0.2) is 68.6 Å². The highest BCUT2D eigenvalue weighted by Crippen LogP contribution is 2.20. The molecule has 7 nitrogen and oxygen atoms in total. The zero-order chi connectivity index (χ0) is 18.8. The number of carbonyl (C=O) groups is 1. The summed E-state index contributed by atoms with van der Waals surface area (Å²) < 4.78 is 16.0. The first-order valence-electron chi connectivity index (χ1n) is 8.98. The molecule has 2 atom stereocenters. The van der Waals surface area contributed by atoms with E-state index in [9.17, 15) is 4.79 Å². The van der Waals surface area contributed by atoms with Crippen molar-refractivity contribution >= 4 is 12.2 Å². The van der Waals surface area contributed by atoms with Crippen LogP contribution in [-0.2, 0) is 9.47 Å². The molecule has 1 aromatic heterocycles. The third-order valence-corrected chi connectivity index (χ3v) is 4.25. The van der Waals surface area contributed by atoms with E-state index in [4.69, 9.17) is 14.2 Å². The molecule has 1 N–H and O–H groups in total. The van der Waals surface area contributed by atoms with Gasteiger partial charge >= 0.3 is 6.09 Å². The molecule has 1 amide bonds. The fourth-order valence-corrected chi connectivity index (χ4v) is 2.60. The van der Waals surface area contributed by atoms with Gasteiger partial charge in [-0.2, -0.15) is 0 Å². The highest BCUT2D eigenvalue weighted by molar-refractivity contribution is 5.68. The first-order valence-corrected chi connectivity index (χ1v) is 8.98. The minimum atomic E-state index is -0.318. The molecule has 0 spiro atoms. The molecule has 0 aromatic carbocycles. The third-order valence-electron chi connectivity index (χ3n) is 4.25. The maximum Gasteiger partial charge on any atom is 0.409 e. The van der Waals surface area contributed by atoms with Gasteiger partial charge in [-0.25, -0.2) is 4.79 Å². The van der Waals surface area contributed by atoms with Crippen LogP contribution in [0.1, 0.15) is 25.3 Å². The first kappa shape index (κ1) is 20.2. The van der Waals surface area contributed by atoms with Crippen molar-refractivity contribution in [3.05, 3.63) is 30.1 Å². The Labute approximate surface area is 155 Å². The van der Waals surface area contributed by atoms with E-state index in [1.807, 2.05) is 25.4 Å². The van der Waals surface area contributed by atoms with Crippen LogP contribution in [0.4, 0.5) is 4.79 Å². The second-order valence-corrected chi connectivity index (χ2v) is 6.36. The topological polar surface area (TPSA) is 72.9 Å². The van der Waals surface area contributed by atoms with Crippen molar-refractivity contribution in [1.29, 1.82) is 0 Å². The Morgan fingerprint density at radius 3 is 3.08 bits per heavy atom. The maximum absolute atomic E-state index is 11.9. The molecule has 1 saturated heterocycles. The number of pyridine rings is 1. The zero-order valence-corrected chi connectivity index (χ0v) is 15.8. The number of ether oxygens (including phenoxy) is 3. The van der Waals surface area contributed by atoms with Gasteiger partial charge in [0.25, 0.3) is 0 Å².